The molecule has 9 heavy (non-hydrogen) atoms. The zero-order valence-electron chi connectivity index (χ0n) is 4.99. The number of nitrogens with one attached hydrogen (secondary N) is 1. The van der Waals surface area contributed by atoms with Gasteiger partial charge < -0.3 is 0 Å². The van der Waals surface area contributed by atoms with Crippen molar-refractivity contribution in [2.45, 2.75) is 0 Å². The summed E-state index contributed by atoms with van der Waals surface area (Å²) < 4.78 is 29.9. The maximum absolute atomic E-state index is 9.94. The fourth-order valence-corrected chi connectivity index (χ4v) is 1.07. The molecule has 2 N–H and O–H groups in total. The molecule has 0 atom stereocenters. The zero-order chi connectivity index (χ0) is 7.33. The molecular formula is C3H9NO3S2. The van der Waals surface area contributed by atoms with Crippen LogP contribution in [0.3, 0.4) is 0 Å². The van der Waals surface area contributed by atoms with Crippen LogP contribution in [0.2, 0.25) is 0 Å². The summed E-state index contributed by atoms with van der Waals surface area (Å²) in [5.41, 5.74) is 0. The van der Waals surface area contributed by atoms with Crippen molar-refractivity contribution >= 4 is 22.1 Å². The van der Waals surface area contributed by atoms with E-state index < -0.39 is 10.3 Å². The van der Waals surface area contributed by atoms with Crippen molar-refractivity contribution in [2.24, 2.45) is 0 Å². The van der Waals surface area contributed by atoms with Crippen molar-refractivity contribution in [1.82, 2.24) is 4.72 Å². The number of rotatable bonds is 4. The highest BCUT2D eigenvalue weighted by Crippen LogP contribution is 1.87. The lowest BCUT2D eigenvalue weighted by atomic mass is 10.8. The molecule has 0 unspecified atom stereocenters. The summed E-state index contributed by atoms with van der Waals surface area (Å²) in [5.74, 6) is 0.666. The molecule has 0 aliphatic carbocycles. The van der Waals surface area contributed by atoms with Crippen molar-refractivity contribution in [1.29, 1.82) is 0 Å². The topological polar surface area (TPSA) is 66.4 Å². The van der Waals surface area contributed by atoms with Gasteiger partial charge in [-0.15, -0.1) is 0 Å². The molecule has 0 aromatic heterocycles. The number of hydrogen-bond donors (Lipinski definition) is 2. The van der Waals surface area contributed by atoms with Gasteiger partial charge in [-0.05, 0) is 6.26 Å². The molecule has 0 bridgehead atoms. The van der Waals surface area contributed by atoms with Crippen LogP contribution in [-0.2, 0) is 10.3 Å². The van der Waals surface area contributed by atoms with E-state index in [-0.39, 0.29) is 6.54 Å². The molecule has 0 aliphatic rings. The van der Waals surface area contributed by atoms with E-state index >= 15 is 0 Å². The summed E-state index contributed by atoms with van der Waals surface area (Å²) in [6.45, 7) is 0.278. The van der Waals surface area contributed by atoms with Gasteiger partial charge in [-0.3, -0.25) is 4.55 Å². The third kappa shape index (κ3) is 8.22. The van der Waals surface area contributed by atoms with E-state index in [9.17, 15) is 8.42 Å². The normalized spacial score (nSPS) is 11.8. The van der Waals surface area contributed by atoms with Crippen LogP contribution in [0.25, 0.3) is 0 Å². The summed E-state index contributed by atoms with van der Waals surface area (Å²) >= 11 is 1.50. The Kier molecular flexibility index (Phi) is 4.20. The molecule has 0 spiro atoms. The van der Waals surface area contributed by atoms with Crippen LogP contribution in [0.4, 0.5) is 0 Å². The summed E-state index contributed by atoms with van der Waals surface area (Å²) in [4.78, 5) is 0. The molecule has 0 rings (SSSR count). The van der Waals surface area contributed by atoms with E-state index in [1.165, 1.54) is 11.8 Å². The van der Waals surface area contributed by atoms with Gasteiger partial charge in [0.25, 0.3) is 0 Å². The highest BCUT2D eigenvalue weighted by atomic mass is 32.2. The summed E-state index contributed by atoms with van der Waals surface area (Å²) in [6.07, 6.45) is 1.85. The van der Waals surface area contributed by atoms with Gasteiger partial charge in [0.05, 0.1) is 0 Å². The van der Waals surface area contributed by atoms with Crippen molar-refractivity contribution in [3.8, 4) is 0 Å². The minimum Gasteiger partial charge on any atom is -0.273 e. The monoisotopic (exact) mass is 171 g/mol. The molecule has 0 aromatic rings. The van der Waals surface area contributed by atoms with Crippen LogP contribution in [0.15, 0.2) is 0 Å². The van der Waals surface area contributed by atoms with Gasteiger partial charge >= 0.3 is 10.3 Å². The second-order valence-electron chi connectivity index (χ2n) is 1.36. The smallest absolute Gasteiger partial charge is 0.273 e. The first-order chi connectivity index (χ1) is 4.06. The quantitative estimate of drug-likeness (QED) is 0.452. The Morgan fingerprint density at radius 1 is 1.67 bits per heavy atom. The van der Waals surface area contributed by atoms with Gasteiger partial charge in [0, 0.05) is 12.3 Å². The maximum Gasteiger partial charge on any atom is 0.333 e. The van der Waals surface area contributed by atoms with E-state index in [1.54, 1.807) is 0 Å². The zero-order valence-corrected chi connectivity index (χ0v) is 6.63. The molecule has 0 saturated heterocycles. The largest absolute Gasteiger partial charge is 0.333 e. The third-order valence-corrected chi connectivity index (χ3v) is 1.77. The Hall–Kier alpha value is 0.220. The Labute approximate surface area is 58.9 Å². The minimum absolute atomic E-state index is 0.278. The number of hydrogen-bond acceptors (Lipinski definition) is 3. The third-order valence-electron chi connectivity index (χ3n) is 0.591. The number of thioether (sulfide) groups is 1. The van der Waals surface area contributed by atoms with E-state index in [0.29, 0.717) is 5.75 Å². The molecule has 0 saturated carbocycles. The second kappa shape index (κ2) is 4.10. The van der Waals surface area contributed by atoms with E-state index in [0.717, 1.165) is 0 Å². The predicted molar refractivity (Wildman–Crippen MR) is 37.9 cm³/mol. The molecule has 0 heterocycles. The van der Waals surface area contributed by atoms with E-state index in [2.05, 4.69) is 0 Å². The lowest BCUT2D eigenvalue weighted by Crippen LogP contribution is -2.24. The molecule has 0 aromatic carbocycles. The van der Waals surface area contributed by atoms with Crippen molar-refractivity contribution in [3.05, 3.63) is 0 Å². The van der Waals surface area contributed by atoms with Crippen LogP contribution in [0.1, 0.15) is 0 Å². The Morgan fingerprint density at radius 3 is 2.56 bits per heavy atom. The standard InChI is InChI=1S/C3H9NO3S2/c1-8-3-2-4-9(5,6)7/h4H,2-3H2,1H3,(H,5,6,7). The second-order valence-corrected chi connectivity index (χ2v) is 3.59. The lowest BCUT2D eigenvalue weighted by Gasteiger charge is -1.96. The van der Waals surface area contributed by atoms with Crippen LogP contribution in [0.5, 0.6) is 0 Å². The highest BCUT2D eigenvalue weighted by molar-refractivity contribution is 7.98. The lowest BCUT2D eigenvalue weighted by molar-refractivity contribution is 0.470. The van der Waals surface area contributed by atoms with Gasteiger partial charge in [0.1, 0.15) is 0 Å². The van der Waals surface area contributed by atoms with E-state index in [1.807, 2.05) is 11.0 Å². The summed E-state index contributed by atoms with van der Waals surface area (Å²) in [5, 5.41) is 0. The van der Waals surface area contributed by atoms with Crippen LogP contribution >= 0.6 is 11.8 Å². The molecule has 0 aliphatic heterocycles. The fourth-order valence-electron chi connectivity index (χ4n) is 0.273. The molecular weight excluding hydrogens is 162 g/mol. The van der Waals surface area contributed by atoms with Gasteiger partial charge in [-0.1, -0.05) is 0 Å². The molecule has 6 heteroatoms. The summed E-state index contributed by atoms with van der Waals surface area (Å²) in [7, 11) is -3.96. The SMILES string of the molecule is CSCCNS(=O)(=O)O. The first kappa shape index (κ1) is 9.22. The highest BCUT2D eigenvalue weighted by Gasteiger charge is 1.98. The first-order valence-corrected chi connectivity index (χ1v) is 5.10. The maximum atomic E-state index is 9.94. The van der Waals surface area contributed by atoms with Crippen LogP contribution < -0.4 is 4.72 Å². The molecule has 0 radical (unpaired) electrons. The molecule has 0 amide bonds. The van der Waals surface area contributed by atoms with Gasteiger partial charge in [-0.25, -0.2) is 0 Å². The average Bonchev–Trinajstić information content (AvgIpc) is 1.63. The minimum atomic E-state index is -3.96. The Morgan fingerprint density at radius 2 is 2.22 bits per heavy atom. The van der Waals surface area contributed by atoms with Crippen LogP contribution in [0, 0.1) is 0 Å². The molecule has 4 nitrogen and oxygen atoms in total. The molecule has 56 valence electrons. The Balaban J connectivity index is 3.30. The van der Waals surface area contributed by atoms with Crippen molar-refractivity contribution in [2.75, 3.05) is 18.6 Å². The fraction of sp³-hybridized carbons (Fsp3) is 1.00. The first-order valence-electron chi connectivity index (χ1n) is 2.27. The molecule has 0 fully saturated rings. The van der Waals surface area contributed by atoms with Crippen molar-refractivity contribution < 1.29 is 13.0 Å². The van der Waals surface area contributed by atoms with Crippen LogP contribution in [-0.4, -0.2) is 31.5 Å². The van der Waals surface area contributed by atoms with Gasteiger partial charge in [0.2, 0.25) is 0 Å². The predicted octanol–water partition coefficient (Wildman–Crippen LogP) is -0.258. The Bertz CT molecular complexity index is 152. The summed E-state index contributed by atoms with van der Waals surface area (Å²) in [6, 6.07) is 0. The van der Waals surface area contributed by atoms with Gasteiger partial charge in [-0.2, -0.15) is 24.9 Å². The van der Waals surface area contributed by atoms with Gasteiger partial charge in [0.15, 0.2) is 0 Å². The van der Waals surface area contributed by atoms with Crippen molar-refractivity contribution in [3.63, 3.8) is 0 Å². The van der Waals surface area contributed by atoms with E-state index in [4.69, 9.17) is 4.55 Å². The average molecular weight is 171 g/mol.